The van der Waals surface area contributed by atoms with Crippen LogP contribution >= 0.6 is 0 Å². The molecule has 4 nitrogen and oxygen atoms in total. The van der Waals surface area contributed by atoms with Crippen LogP contribution < -0.4 is 4.90 Å². The van der Waals surface area contributed by atoms with Gasteiger partial charge in [0.2, 0.25) is 0 Å². The summed E-state index contributed by atoms with van der Waals surface area (Å²) in [5.41, 5.74) is -8.27. The van der Waals surface area contributed by atoms with Crippen molar-refractivity contribution in [2.24, 2.45) is 0 Å². The van der Waals surface area contributed by atoms with Gasteiger partial charge in [-0.15, -0.1) is 0 Å². The smallest absolute Gasteiger partial charge is 0.369 e. The summed E-state index contributed by atoms with van der Waals surface area (Å²) < 4.78 is 79.5. The Morgan fingerprint density at radius 2 is 1.11 bits per heavy atom. The zero-order chi connectivity index (χ0) is 20.2. The molecule has 2 amide bonds. The fourth-order valence-corrected chi connectivity index (χ4v) is 2.85. The van der Waals surface area contributed by atoms with Crippen LogP contribution in [0.3, 0.4) is 0 Å². The summed E-state index contributed by atoms with van der Waals surface area (Å²) >= 11 is 0. The number of nitrogens with zero attached hydrogens (tertiary/aromatic N) is 1. The molecule has 27 heavy (non-hydrogen) atoms. The quantitative estimate of drug-likeness (QED) is 0.628. The van der Waals surface area contributed by atoms with Crippen molar-refractivity contribution >= 4 is 17.5 Å². The van der Waals surface area contributed by atoms with E-state index in [2.05, 4.69) is 0 Å². The van der Waals surface area contributed by atoms with Gasteiger partial charge in [-0.1, -0.05) is 30.3 Å². The molecule has 0 fully saturated rings. The van der Waals surface area contributed by atoms with Gasteiger partial charge in [0, 0.05) is 5.56 Å². The average Bonchev–Trinajstić information content (AvgIpc) is 2.84. The van der Waals surface area contributed by atoms with Gasteiger partial charge < -0.3 is 5.11 Å². The van der Waals surface area contributed by atoms with Gasteiger partial charge in [0.1, 0.15) is 0 Å². The molecule has 1 aliphatic heterocycles. The lowest BCUT2D eigenvalue weighted by Crippen LogP contribution is -2.54. The minimum atomic E-state index is -6.15. The number of fused-ring (bicyclic) bond motifs is 1. The number of amides is 2. The predicted molar refractivity (Wildman–Crippen MR) is 80.0 cm³/mol. The molecule has 0 unspecified atom stereocenters. The molecule has 0 atom stereocenters. The minimum absolute atomic E-state index is 0.167. The highest BCUT2D eigenvalue weighted by Gasteiger charge is 2.72. The number of halogens is 6. The molecule has 0 bridgehead atoms. The third-order valence-corrected chi connectivity index (χ3v) is 4.15. The van der Waals surface area contributed by atoms with Gasteiger partial charge in [0.15, 0.2) is 0 Å². The lowest BCUT2D eigenvalue weighted by Gasteiger charge is -2.35. The fourth-order valence-electron chi connectivity index (χ4n) is 2.85. The number of imide groups is 1. The van der Waals surface area contributed by atoms with Crippen molar-refractivity contribution in [1.29, 1.82) is 0 Å². The Balaban J connectivity index is 2.25. The van der Waals surface area contributed by atoms with Crippen LogP contribution in [0.5, 0.6) is 0 Å². The molecule has 10 heteroatoms. The molecular weight excluding hydrogens is 380 g/mol. The van der Waals surface area contributed by atoms with Gasteiger partial charge in [-0.05, 0) is 18.2 Å². The van der Waals surface area contributed by atoms with E-state index in [1.807, 2.05) is 0 Å². The van der Waals surface area contributed by atoms with Crippen molar-refractivity contribution in [3.63, 3.8) is 0 Å². The summed E-state index contributed by atoms with van der Waals surface area (Å²) in [6.07, 6.45) is -12.3. The lowest BCUT2D eigenvalue weighted by molar-refractivity contribution is -0.376. The van der Waals surface area contributed by atoms with Crippen molar-refractivity contribution in [2.45, 2.75) is 18.0 Å². The number of carbonyl (C=O) groups excluding carboxylic acids is 2. The number of hydrogen-bond donors (Lipinski definition) is 1. The first kappa shape index (κ1) is 18.9. The van der Waals surface area contributed by atoms with Crippen molar-refractivity contribution in [2.75, 3.05) is 4.90 Å². The molecule has 142 valence electrons. The van der Waals surface area contributed by atoms with Gasteiger partial charge in [-0.2, -0.15) is 26.3 Å². The Kier molecular flexibility index (Phi) is 4.07. The van der Waals surface area contributed by atoms with Crippen LogP contribution in [-0.4, -0.2) is 29.3 Å². The second-order valence-electron chi connectivity index (χ2n) is 5.71. The van der Waals surface area contributed by atoms with Gasteiger partial charge in [0.25, 0.3) is 17.4 Å². The van der Waals surface area contributed by atoms with Crippen LogP contribution in [0, 0.1) is 0 Å². The monoisotopic (exact) mass is 389 g/mol. The Hall–Kier alpha value is -2.88. The first-order valence-corrected chi connectivity index (χ1v) is 7.34. The summed E-state index contributed by atoms with van der Waals surface area (Å²) in [7, 11) is 0. The molecule has 1 N–H and O–H groups in total. The molecule has 1 aliphatic rings. The molecule has 2 aromatic rings. The first-order chi connectivity index (χ1) is 12.4. The number of benzene rings is 2. The maximum absolute atomic E-state index is 13.3. The number of para-hydroxylation sites is 1. The third kappa shape index (κ3) is 2.59. The Labute approximate surface area is 147 Å². The molecule has 0 spiro atoms. The van der Waals surface area contributed by atoms with E-state index < -0.39 is 41.0 Å². The summed E-state index contributed by atoms with van der Waals surface area (Å²) in [6.45, 7) is 0. The standard InChI is InChI=1S/C17H9F6NO3/c18-16(19,20)15(27,17(21,22)23)11-7-3-4-8-12(11)24-13(25)9-5-1-2-6-10(9)14(24)26/h1-8,27H. The Morgan fingerprint density at radius 1 is 0.704 bits per heavy atom. The topological polar surface area (TPSA) is 57.6 Å². The molecule has 0 radical (unpaired) electrons. The van der Waals surface area contributed by atoms with Gasteiger partial charge in [-0.3, -0.25) is 9.59 Å². The van der Waals surface area contributed by atoms with E-state index in [9.17, 15) is 41.0 Å². The molecule has 1 heterocycles. The van der Waals surface area contributed by atoms with E-state index in [0.29, 0.717) is 6.07 Å². The summed E-state index contributed by atoms with van der Waals surface area (Å²) in [6, 6.07) is 8.21. The number of carbonyl (C=O) groups is 2. The normalized spacial score (nSPS) is 15.3. The van der Waals surface area contributed by atoms with Crippen molar-refractivity contribution in [3.05, 3.63) is 65.2 Å². The van der Waals surface area contributed by atoms with Crippen molar-refractivity contribution in [1.82, 2.24) is 0 Å². The third-order valence-electron chi connectivity index (χ3n) is 4.15. The minimum Gasteiger partial charge on any atom is -0.369 e. The van der Waals surface area contributed by atoms with Gasteiger partial charge in [0.05, 0.1) is 16.8 Å². The van der Waals surface area contributed by atoms with Crippen LogP contribution in [-0.2, 0) is 5.60 Å². The van der Waals surface area contributed by atoms with E-state index in [1.165, 1.54) is 24.3 Å². The highest BCUT2D eigenvalue weighted by molar-refractivity contribution is 6.34. The van der Waals surface area contributed by atoms with E-state index in [-0.39, 0.29) is 16.0 Å². The lowest BCUT2D eigenvalue weighted by atomic mass is 9.90. The zero-order valence-corrected chi connectivity index (χ0v) is 13.1. The van der Waals surface area contributed by atoms with Crippen LogP contribution in [0.25, 0.3) is 0 Å². The Bertz CT molecular complexity index is 886. The summed E-state index contributed by atoms with van der Waals surface area (Å²) in [5.74, 6) is -2.18. The predicted octanol–water partition coefficient (Wildman–Crippen LogP) is 3.80. The number of alkyl halides is 6. The number of hydrogen-bond acceptors (Lipinski definition) is 3. The van der Waals surface area contributed by atoms with Crippen molar-refractivity contribution < 1.29 is 41.0 Å². The molecule has 2 aromatic carbocycles. The molecule has 0 aromatic heterocycles. The van der Waals surface area contributed by atoms with E-state index >= 15 is 0 Å². The van der Waals surface area contributed by atoms with Gasteiger partial charge in [-0.25, -0.2) is 4.90 Å². The van der Waals surface area contributed by atoms with E-state index in [4.69, 9.17) is 0 Å². The second-order valence-corrected chi connectivity index (χ2v) is 5.71. The summed E-state index contributed by atoms with van der Waals surface area (Å²) in [4.78, 5) is 25.1. The molecule has 0 saturated carbocycles. The van der Waals surface area contributed by atoms with E-state index in [1.54, 1.807) is 0 Å². The van der Waals surface area contributed by atoms with Crippen LogP contribution in [0.2, 0.25) is 0 Å². The highest BCUT2D eigenvalue weighted by atomic mass is 19.4. The largest absolute Gasteiger partial charge is 0.430 e. The SMILES string of the molecule is O=C1c2ccccc2C(=O)N1c1ccccc1C(O)(C(F)(F)F)C(F)(F)F. The Morgan fingerprint density at radius 3 is 1.56 bits per heavy atom. The van der Waals surface area contributed by atoms with Crippen LogP contribution in [0.15, 0.2) is 48.5 Å². The van der Waals surface area contributed by atoms with Gasteiger partial charge >= 0.3 is 12.4 Å². The second kappa shape index (κ2) is 5.81. The molecular formula is C17H9F6NO3. The first-order valence-electron chi connectivity index (χ1n) is 7.34. The fraction of sp³-hybridized carbons (Fsp3) is 0.176. The average molecular weight is 389 g/mol. The summed E-state index contributed by atoms with van der Waals surface area (Å²) in [5, 5.41) is 9.69. The van der Waals surface area contributed by atoms with Crippen LogP contribution in [0.4, 0.5) is 32.0 Å². The number of anilines is 1. The molecule has 0 aliphatic carbocycles. The highest BCUT2D eigenvalue weighted by Crippen LogP contribution is 2.52. The van der Waals surface area contributed by atoms with Crippen molar-refractivity contribution in [3.8, 4) is 0 Å². The number of aliphatic hydroxyl groups is 1. The van der Waals surface area contributed by atoms with E-state index in [0.717, 1.165) is 18.2 Å². The van der Waals surface area contributed by atoms with Crippen LogP contribution in [0.1, 0.15) is 26.3 Å². The zero-order valence-electron chi connectivity index (χ0n) is 13.1. The molecule has 3 rings (SSSR count). The molecule has 0 saturated heterocycles. The maximum atomic E-state index is 13.3. The maximum Gasteiger partial charge on any atom is 0.430 e. The number of rotatable bonds is 2.